The summed E-state index contributed by atoms with van der Waals surface area (Å²) in [4.78, 5) is 20.2. The normalized spacial score (nSPS) is 9.87. The highest BCUT2D eigenvalue weighted by Gasteiger charge is 2.13. The molecule has 15 heavy (non-hydrogen) atoms. The molecule has 1 aromatic carbocycles. The average Bonchev–Trinajstić information content (AvgIpc) is 2.18. The third kappa shape index (κ3) is 3.05. The largest absolute Gasteiger partial charge is 0.508 e. The number of phenols is 1. The Bertz CT molecular complexity index is 376. The Hall–Kier alpha value is -1.91. The number of nitrogens with zero attached hydrogens (tertiary/aromatic N) is 1. The number of nitro groups is 1. The van der Waals surface area contributed by atoms with E-state index in [0.717, 1.165) is 6.29 Å². The van der Waals surface area contributed by atoms with Crippen molar-refractivity contribution in [1.82, 2.24) is 0 Å². The molecule has 5 nitrogen and oxygen atoms in total. The van der Waals surface area contributed by atoms with Gasteiger partial charge < -0.3 is 9.90 Å². The van der Waals surface area contributed by atoms with E-state index >= 15 is 0 Å². The predicted octanol–water partition coefficient (Wildman–Crippen LogP) is 1.82. The van der Waals surface area contributed by atoms with Gasteiger partial charge in [0.05, 0.1) is 4.92 Å². The molecule has 1 N–H and O–H groups in total. The second kappa shape index (κ2) is 5.09. The van der Waals surface area contributed by atoms with Crippen LogP contribution < -0.4 is 0 Å². The van der Waals surface area contributed by atoms with Crippen LogP contribution in [-0.2, 0) is 11.2 Å². The maximum atomic E-state index is 10.6. The van der Waals surface area contributed by atoms with E-state index in [-0.39, 0.29) is 11.4 Å². The van der Waals surface area contributed by atoms with E-state index in [1.807, 2.05) is 0 Å². The second-order valence-electron chi connectivity index (χ2n) is 3.13. The molecule has 80 valence electrons. The Kier molecular flexibility index (Phi) is 3.79. The number of aromatic hydroxyl groups is 1. The zero-order valence-electron chi connectivity index (χ0n) is 8.05. The molecule has 0 unspecified atom stereocenters. The number of carbonyl (C=O) groups is 1. The van der Waals surface area contributed by atoms with E-state index in [0.29, 0.717) is 24.8 Å². The van der Waals surface area contributed by atoms with Gasteiger partial charge in [0.15, 0.2) is 0 Å². The summed E-state index contributed by atoms with van der Waals surface area (Å²) in [7, 11) is 0. The highest BCUT2D eigenvalue weighted by atomic mass is 16.6. The Morgan fingerprint density at radius 2 is 2.20 bits per heavy atom. The Labute approximate surface area is 86.5 Å². The lowest BCUT2D eigenvalue weighted by molar-refractivity contribution is -0.385. The van der Waals surface area contributed by atoms with Gasteiger partial charge in [-0.15, -0.1) is 0 Å². The smallest absolute Gasteiger partial charge is 0.272 e. The van der Waals surface area contributed by atoms with Crippen LogP contribution in [0.3, 0.4) is 0 Å². The first-order valence-electron chi connectivity index (χ1n) is 4.55. The fourth-order valence-corrected chi connectivity index (χ4v) is 1.33. The number of unbranched alkanes of at least 4 members (excludes halogenated alkanes) is 1. The molecule has 0 bridgehead atoms. The van der Waals surface area contributed by atoms with Crippen LogP contribution in [0.5, 0.6) is 5.75 Å². The van der Waals surface area contributed by atoms with Gasteiger partial charge in [0.1, 0.15) is 12.0 Å². The van der Waals surface area contributed by atoms with Gasteiger partial charge in [0, 0.05) is 18.1 Å². The maximum absolute atomic E-state index is 10.6. The predicted molar refractivity (Wildman–Crippen MR) is 53.8 cm³/mol. The standard InChI is InChI=1S/C10H11NO4/c12-6-2-1-3-8-7-9(13)4-5-10(8)11(14)15/h4-7,13H,1-3H2. The van der Waals surface area contributed by atoms with Crippen LogP contribution in [0.4, 0.5) is 5.69 Å². The summed E-state index contributed by atoms with van der Waals surface area (Å²) in [5, 5.41) is 19.8. The number of carbonyl (C=O) groups excluding carboxylic acids is 1. The molecule has 0 fully saturated rings. The fourth-order valence-electron chi connectivity index (χ4n) is 1.33. The third-order valence-corrected chi connectivity index (χ3v) is 2.03. The van der Waals surface area contributed by atoms with Crippen LogP contribution in [0.25, 0.3) is 0 Å². The van der Waals surface area contributed by atoms with Crippen molar-refractivity contribution < 1.29 is 14.8 Å². The van der Waals surface area contributed by atoms with Gasteiger partial charge in [-0.25, -0.2) is 0 Å². The van der Waals surface area contributed by atoms with Crippen molar-refractivity contribution in [3.63, 3.8) is 0 Å². The molecule has 1 aromatic rings. The minimum Gasteiger partial charge on any atom is -0.508 e. The number of nitro benzene ring substituents is 1. The summed E-state index contributed by atoms with van der Waals surface area (Å²) in [6.07, 6.45) is 2.11. The molecule has 0 aliphatic carbocycles. The zero-order valence-corrected chi connectivity index (χ0v) is 8.05. The molecule has 5 heteroatoms. The van der Waals surface area contributed by atoms with Gasteiger partial charge >= 0.3 is 0 Å². The van der Waals surface area contributed by atoms with Crippen molar-refractivity contribution in [3.05, 3.63) is 33.9 Å². The Morgan fingerprint density at radius 3 is 2.80 bits per heavy atom. The number of benzene rings is 1. The van der Waals surface area contributed by atoms with Gasteiger partial charge in [0.25, 0.3) is 5.69 Å². The minimum absolute atomic E-state index is 0.00158. The Morgan fingerprint density at radius 1 is 1.47 bits per heavy atom. The van der Waals surface area contributed by atoms with Gasteiger partial charge in [0.2, 0.25) is 0 Å². The van der Waals surface area contributed by atoms with Gasteiger partial charge in [-0.2, -0.15) is 0 Å². The lowest BCUT2D eigenvalue weighted by atomic mass is 10.1. The second-order valence-corrected chi connectivity index (χ2v) is 3.13. The van der Waals surface area contributed by atoms with Crippen LogP contribution in [0.15, 0.2) is 18.2 Å². The number of phenolic OH excluding ortho intramolecular Hbond substituents is 1. The van der Waals surface area contributed by atoms with E-state index in [1.165, 1.54) is 18.2 Å². The molecule has 0 aliphatic heterocycles. The van der Waals surface area contributed by atoms with E-state index in [2.05, 4.69) is 0 Å². The van der Waals surface area contributed by atoms with Gasteiger partial charge in [-0.1, -0.05) is 0 Å². The minimum atomic E-state index is -0.490. The fraction of sp³-hybridized carbons (Fsp3) is 0.300. The quantitative estimate of drug-likeness (QED) is 0.347. The molecule has 1 rings (SSSR count). The molecule has 0 aromatic heterocycles. The lowest BCUT2D eigenvalue weighted by Crippen LogP contribution is -1.95. The lowest BCUT2D eigenvalue weighted by Gasteiger charge is -2.02. The highest BCUT2D eigenvalue weighted by Crippen LogP contribution is 2.24. The van der Waals surface area contributed by atoms with Crippen molar-refractivity contribution in [1.29, 1.82) is 0 Å². The Balaban J connectivity index is 2.86. The van der Waals surface area contributed by atoms with Gasteiger partial charge in [-0.3, -0.25) is 10.1 Å². The molecule has 0 radical (unpaired) electrons. The number of aldehydes is 1. The summed E-state index contributed by atoms with van der Waals surface area (Å²) in [5.41, 5.74) is 0.445. The number of rotatable bonds is 5. The first-order chi connectivity index (χ1) is 7.15. The zero-order chi connectivity index (χ0) is 11.3. The van der Waals surface area contributed by atoms with E-state index in [9.17, 15) is 20.0 Å². The molecule has 0 amide bonds. The monoisotopic (exact) mass is 209 g/mol. The number of aryl methyl sites for hydroxylation is 1. The first-order valence-corrected chi connectivity index (χ1v) is 4.55. The van der Waals surface area contributed by atoms with Crippen LogP contribution >= 0.6 is 0 Å². The molecular weight excluding hydrogens is 198 g/mol. The van der Waals surface area contributed by atoms with Crippen LogP contribution in [0.1, 0.15) is 18.4 Å². The van der Waals surface area contributed by atoms with Crippen LogP contribution in [-0.4, -0.2) is 16.3 Å². The molecule has 0 saturated heterocycles. The highest BCUT2D eigenvalue weighted by molar-refractivity contribution is 5.50. The van der Waals surface area contributed by atoms with E-state index < -0.39 is 4.92 Å². The molecule has 0 heterocycles. The summed E-state index contributed by atoms with van der Waals surface area (Å²) in [5.74, 6) is 0.00158. The molecule has 0 saturated carbocycles. The molecule has 0 atom stereocenters. The summed E-state index contributed by atoms with van der Waals surface area (Å²) >= 11 is 0. The average molecular weight is 209 g/mol. The molecular formula is C10H11NO4. The first kappa shape index (κ1) is 11.2. The number of hydrogen-bond donors (Lipinski definition) is 1. The topological polar surface area (TPSA) is 80.4 Å². The molecule has 0 aliphatic rings. The van der Waals surface area contributed by atoms with Crippen molar-refractivity contribution >= 4 is 12.0 Å². The van der Waals surface area contributed by atoms with E-state index in [4.69, 9.17) is 0 Å². The summed E-state index contributed by atoms with van der Waals surface area (Å²) < 4.78 is 0. The van der Waals surface area contributed by atoms with Gasteiger partial charge in [-0.05, 0) is 25.0 Å². The van der Waals surface area contributed by atoms with Crippen LogP contribution in [0, 0.1) is 10.1 Å². The summed E-state index contributed by atoms with van der Waals surface area (Å²) in [6.45, 7) is 0. The third-order valence-electron chi connectivity index (χ3n) is 2.03. The van der Waals surface area contributed by atoms with Crippen LogP contribution in [0.2, 0.25) is 0 Å². The number of hydrogen-bond acceptors (Lipinski definition) is 4. The van der Waals surface area contributed by atoms with Crippen molar-refractivity contribution in [2.24, 2.45) is 0 Å². The van der Waals surface area contributed by atoms with E-state index in [1.54, 1.807) is 0 Å². The van der Waals surface area contributed by atoms with Crippen molar-refractivity contribution in [2.75, 3.05) is 0 Å². The molecule has 0 spiro atoms. The maximum Gasteiger partial charge on any atom is 0.272 e. The summed E-state index contributed by atoms with van der Waals surface area (Å²) in [6, 6.07) is 3.91. The van der Waals surface area contributed by atoms with Crippen molar-refractivity contribution in [2.45, 2.75) is 19.3 Å². The van der Waals surface area contributed by atoms with Crippen molar-refractivity contribution in [3.8, 4) is 5.75 Å². The SMILES string of the molecule is O=CCCCc1cc(O)ccc1[N+](=O)[O-].